The Morgan fingerprint density at radius 2 is 1.74 bits per heavy atom. The molecule has 0 spiro atoms. The Balaban J connectivity index is 1.95. The van der Waals surface area contributed by atoms with Gasteiger partial charge in [-0.25, -0.2) is 9.18 Å². The molecule has 0 fully saturated rings. The van der Waals surface area contributed by atoms with Gasteiger partial charge in [0.05, 0.1) is 18.4 Å². The fraction of sp³-hybridized carbons (Fsp3) is 0.111. The van der Waals surface area contributed by atoms with E-state index in [4.69, 9.17) is 9.57 Å². The number of rotatable bonds is 5. The average Bonchev–Trinajstić information content (AvgIpc) is 2.59. The second kappa shape index (κ2) is 7.89. The Kier molecular flexibility index (Phi) is 5.63. The Labute approximate surface area is 133 Å². The number of ether oxygens (including phenoxy) is 1. The van der Waals surface area contributed by atoms with Gasteiger partial charge >= 0.3 is 5.97 Å². The van der Waals surface area contributed by atoms with E-state index in [0.29, 0.717) is 5.71 Å². The first-order chi connectivity index (χ1) is 11.1. The van der Waals surface area contributed by atoms with E-state index >= 15 is 0 Å². The molecule has 0 saturated carbocycles. The van der Waals surface area contributed by atoms with Crippen LogP contribution >= 0.6 is 0 Å². The van der Waals surface area contributed by atoms with Crippen molar-refractivity contribution in [2.45, 2.75) is 6.92 Å². The highest BCUT2D eigenvalue weighted by Gasteiger charge is 2.06. The molecular weight excluding hydrogens is 297 g/mol. The lowest BCUT2D eigenvalue weighted by Crippen LogP contribution is -2.02. The quantitative estimate of drug-likeness (QED) is 0.475. The van der Waals surface area contributed by atoms with Crippen LogP contribution in [0.25, 0.3) is 6.08 Å². The smallest absolute Gasteiger partial charge is 0.365 e. The number of methoxy groups -OCH3 is 1. The fourth-order valence-corrected chi connectivity index (χ4v) is 1.71. The standard InChI is InChI=1S/C18H16FNO3/c1-13(3-4-14-5-11-17(22-2)12-6-14)20-23-18(21)15-7-9-16(19)10-8-15/h3-12H,1-2H3/b4-3+,20-13-. The molecule has 0 unspecified atom stereocenters. The SMILES string of the molecule is COc1ccc(/C=C/C(C)=N\OC(=O)c2ccc(F)cc2)cc1. The summed E-state index contributed by atoms with van der Waals surface area (Å²) in [6.45, 7) is 1.71. The molecule has 0 aliphatic heterocycles. The third-order valence-electron chi connectivity index (χ3n) is 2.99. The van der Waals surface area contributed by atoms with Crippen LogP contribution in [0, 0.1) is 5.82 Å². The zero-order valence-electron chi connectivity index (χ0n) is 12.8. The third-order valence-corrected chi connectivity index (χ3v) is 2.99. The number of carbonyl (C=O) groups excluding carboxylic acids is 1. The maximum Gasteiger partial charge on any atom is 0.365 e. The van der Waals surface area contributed by atoms with Gasteiger partial charge in [0.2, 0.25) is 0 Å². The lowest BCUT2D eigenvalue weighted by Gasteiger charge is -2.00. The van der Waals surface area contributed by atoms with Crippen LogP contribution in [0.1, 0.15) is 22.8 Å². The molecule has 0 aliphatic rings. The van der Waals surface area contributed by atoms with E-state index in [1.165, 1.54) is 24.3 Å². The summed E-state index contributed by atoms with van der Waals surface area (Å²) in [5.41, 5.74) is 1.73. The molecule has 0 N–H and O–H groups in total. The molecule has 0 bridgehead atoms. The minimum atomic E-state index is -0.637. The summed E-state index contributed by atoms with van der Waals surface area (Å²) >= 11 is 0. The van der Waals surface area contributed by atoms with Crippen LogP contribution in [-0.2, 0) is 4.84 Å². The van der Waals surface area contributed by atoms with Crippen molar-refractivity contribution in [2.24, 2.45) is 5.16 Å². The summed E-state index contributed by atoms with van der Waals surface area (Å²) in [6, 6.07) is 12.6. The fourth-order valence-electron chi connectivity index (χ4n) is 1.71. The van der Waals surface area contributed by atoms with E-state index in [2.05, 4.69) is 5.16 Å². The minimum absolute atomic E-state index is 0.238. The van der Waals surface area contributed by atoms with Crippen molar-refractivity contribution in [2.75, 3.05) is 7.11 Å². The summed E-state index contributed by atoms with van der Waals surface area (Å²) in [6.07, 6.45) is 3.56. The van der Waals surface area contributed by atoms with E-state index in [0.717, 1.165) is 11.3 Å². The molecule has 2 aromatic carbocycles. The molecule has 2 aromatic rings. The van der Waals surface area contributed by atoms with E-state index in [1.54, 1.807) is 20.1 Å². The molecular formula is C18H16FNO3. The van der Waals surface area contributed by atoms with Crippen LogP contribution in [0.2, 0.25) is 0 Å². The number of hydrogen-bond acceptors (Lipinski definition) is 4. The zero-order valence-corrected chi connectivity index (χ0v) is 12.8. The second-order valence-corrected chi connectivity index (χ2v) is 4.72. The van der Waals surface area contributed by atoms with Crippen LogP contribution in [0.3, 0.4) is 0 Å². The highest BCUT2D eigenvalue weighted by Crippen LogP contribution is 2.12. The van der Waals surface area contributed by atoms with Crippen LogP contribution in [0.4, 0.5) is 4.39 Å². The Hall–Kier alpha value is -2.95. The maximum atomic E-state index is 12.8. The van der Waals surface area contributed by atoms with E-state index < -0.39 is 11.8 Å². The van der Waals surface area contributed by atoms with Gasteiger partial charge in [-0.1, -0.05) is 23.4 Å². The van der Waals surface area contributed by atoms with Crippen molar-refractivity contribution >= 4 is 17.8 Å². The molecule has 0 heterocycles. The van der Waals surface area contributed by atoms with Gasteiger partial charge in [-0.3, -0.25) is 0 Å². The number of carbonyl (C=O) groups is 1. The second-order valence-electron chi connectivity index (χ2n) is 4.72. The zero-order chi connectivity index (χ0) is 16.7. The molecule has 0 atom stereocenters. The Morgan fingerprint density at radius 3 is 2.35 bits per heavy atom. The number of nitrogens with zero attached hydrogens (tertiary/aromatic N) is 1. The van der Waals surface area contributed by atoms with Crippen LogP contribution < -0.4 is 4.74 Å². The largest absolute Gasteiger partial charge is 0.497 e. The first-order valence-electron chi connectivity index (χ1n) is 6.92. The van der Waals surface area contributed by atoms with Gasteiger partial charge in [0, 0.05) is 0 Å². The molecule has 0 saturated heterocycles. The summed E-state index contributed by atoms with van der Waals surface area (Å²) in [5.74, 6) is -0.272. The molecule has 0 radical (unpaired) electrons. The monoisotopic (exact) mass is 313 g/mol. The summed E-state index contributed by atoms with van der Waals surface area (Å²) < 4.78 is 17.9. The number of benzene rings is 2. The minimum Gasteiger partial charge on any atom is -0.497 e. The predicted octanol–water partition coefficient (Wildman–Crippen LogP) is 4.08. The molecule has 23 heavy (non-hydrogen) atoms. The third kappa shape index (κ3) is 5.07. The normalized spacial score (nSPS) is 11.5. The van der Waals surface area contributed by atoms with Crippen molar-refractivity contribution in [3.05, 3.63) is 71.6 Å². The van der Waals surface area contributed by atoms with Crippen LogP contribution in [0.15, 0.2) is 59.8 Å². The lowest BCUT2D eigenvalue weighted by molar-refractivity contribution is 0.0516. The van der Waals surface area contributed by atoms with Gasteiger partial charge in [0.25, 0.3) is 0 Å². The van der Waals surface area contributed by atoms with Gasteiger partial charge in [-0.15, -0.1) is 0 Å². The summed E-state index contributed by atoms with van der Waals surface area (Å²) in [4.78, 5) is 16.5. The summed E-state index contributed by atoms with van der Waals surface area (Å²) in [5, 5.41) is 3.73. The molecule has 5 heteroatoms. The van der Waals surface area contributed by atoms with Crippen molar-refractivity contribution in [3.63, 3.8) is 0 Å². The Bertz CT molecular complexity index is 719. The van der Waals surface area contributed by atoms with Gasteiger partial charge in [0.15, 0.2) is 0 Å². The van der Waals surface area contributed by atoms with E-state index in [9.17, 15) is 9.18 Å². The lowest BCUT2D eigenvalue weighted by atomic mass is 10.2. The van der Waals surface area contributed by atoms with Crippen molar-refractivity contribution in [1.29, 1.82) is 0 Å². The Morgan fingerprint density at radius 1 is 1.09 bits per heavy atom. The first kappa shape index (κ1) is 16.4. The maximum absolute atomic E-state index is 12.8. The van der Waals surface area contributed by atoms with E-state index in [-0.39, 0.29) is 5.56 Å². The number of oxime groups is 1. The molecule has 0 aliphatic carbocycles. The van der Waals surface area contributed by atoms with Crippen molar-refractivity contribution < 1.29 is 18.8 Å². The van der Waals surface area contributed by atoms with E-state index in [1.807, 2.05) is 30.3 Å². The molecule has 2 rings (SSSR count). The van der Waals surface area contributed by atoms with Crippen molar-refractivity contribution in [1.82, 2.24) is 0 Å². The highest BCUT2D eigenvalue weighted by atomic mass is 19.1. The predicted molar refractivity (Wildman–Crippen MR) is 87.0 cm³/mol. The first-order valence-corrected chi connectivity index (χ1v) is 6.92. The van der Waals surface area contributed by atoms with Crippen LogP contribution in [-0.4, -0.2) is 18.8 Å². The topological polar surface area (TPSA) is 47.9 Å². The number of allylic oxidation sites excluding steroid dienone is 1. The molecule has 118 valence electrons. The molecule has 0 aromatic heterocycles. The molecule has 0 amide bonds. The number of hydrogen-bond donors (Lipinski definition) is 0. The highest BCUT2D eigenvalue weighted by molar-refractivity contribution is 5.97. The number of halogens is 1. The van der Waals surface area contributed by atoms with Gasteiger partial charge < -0.3 is 9.57 Å². The van der Waals surface area contributed by atoms with Crippen LogP contribution in [0.5, 0.6) is 5.75 Å². The summed E-state index contributed by atoms with van der Waals surface area (Å²) in [7, 11) is 1.61. The molecule has 4 nitrogen and oxygen atoms in total. The van der Waals surface area contributed by atoms with Crippen molar-refractivity contribution in [3.8, 4) is 5.75 Å². The van der Waals surface area contributed by atoms with Gasteiger partial charge in [-0.2, -0.15) is 0 Å². The van der Waals surface area contributed by atoms with Gasteiger partial charge in [0.1, 0.15) is 11.6 Å². The van der Waals surface area contributed by atoms with Gasteiger partial charge in [-0.05, 0) is 55.0 Å². The average molecular weight is 313 g/mol.